The molecule has 1 heterocycles. The molecule has 1 fully saturated rings. The number of alkyl halides is 3. The number of carbonyl (C=O) groups excluding carboxylic acids is 1. The van der Waals surface area contributed by atoms with Crippen LogP contribution in [0.25, 0.3) is 0 Å². The van der Waals surface area contributed by atoms with Crippen LogP contribution < -0.4 is 21.0 Å². The highest BCUT2D eigenvalue weighted by molar-refractivity contribution is 7.02. The first-order chi connectivity index (χ1) is 15.5. The maximum atomic E-state index is 12.9. The van der Waals surface area contributed by atoms with Gasteiger partial charge in [0.25, 0.3) is 0 Å². The third-order valence-corrected chi connectivity index (χ3v) is 11.1. The Morgan fingerprint density at radius 1 is 1.03 bits per heavy atom. The number of hydrogen-bond acceptors (Lipinski definition) is 3. The predicted octanol–water partition coefficient (Wildman–Crippen LogP) is 2.94. The van der Waals surface area contributed by atoms with Crippen LogP contribution in [0.15, 0.2) is 60.7 Å². The number of hydrogen-bond donors (Lipinski definition) is 3. The van der Waals surface area contributed by atoms with Gasteiger partial charge in [0.1, 0.15) is 8.07 Å². The molecule has 1 aliphatic heterocycles. The Labute approximate surface area is 193 Å². The lowest BCUT2D eigenvalue weighted by atomic mass is 10.2. The van der Waals surface area contributed by atoms with E-state index in [1.807, 2.05) is 0 Å². The quantitative estimate of drug-likeness (QED) is 0.556. The van der Waals surface area contributed by atoms with Crippen LogP contribution in [-0.4, -0.2) is 49.5 Å². The van der Waals surface area contributed by atoms with Crippen LogP contribution in [0.1, 0.15) is 26.7 Å². The molecule has 9 heteroatoms. The number of carbonyl (C=O) groups is 2. The second-order valence-corrected chi connectivity index (χ2v) is 12.8. The molecule has 33 heavy (non-hydrogen) atoms. The van der Waals surface area contributed by atoms with Crippen molar-refractivity contribution in [2.75, 3.05) is 6.54 Å². The lowest BCUT2D eigenvalue weighted by molar-refractivity contribution is -0.192. The highest BCUT2D eigenvalue weighted by Crippen LogP contribution is 2.19. The van der Waals surface area contributed by atoms with Gasteiger partial charge in [-0.15, -0.1) is 0 Å². The van der Waals surface area contributed by atoms with Crippen LogP contribution in [0.2, 0.25) is 6.55 Å². The lowest BCUT2D eigenvalue weighted by Gasteiger charge is -2.40. The zero-order valence-electron chi connectivity index (χ0n) is 19.0. The number of nitrogens with one attached hydrogen (secondary N) is 2. The fourth-order valence-electron chi connectivity index (χ4n) is 4.23. The van der Waals surface area contributed by atoms with Crippen molar-refractivity contribution >= 4 is 30.3 Å². The van der Waals surface area contributed by atoms with Gasteiger partial charge in [-0.2, -0.15) is 13.2 Å². The molecule has 1 amide bonds. The number of carboxylic acids is 1. The summed E-state index contributed by atoms with van der Waals surface area (Å²) in [6.07, 6.45) is -3.07. The van der Waals surface area contributed by atoms with Gasteiger partial charge in [0.2, 0.25) is 5.91 Å². The van der Waals surface area contributed by atoms with Crippen LogP contribution in [0.4, 0.5) is 13.2 Å². The minimum Gasteiger partial charge on any atom is -0.475 e. The van der Waals surface area contributed by atoms with Gasteiger partial charge in [-0.25, -0.2) is 4.79 Å². The normalized spacial score (nSPS) is 17.1. The van der Waals surface area contributed by atoms with E-state index < -0.39 is 20.2 Å². The van der Waals surface area contributed by atoms with Crippen molar-refractivity contribution in [3.05, 3.63) is 60.7 Å². The maximum absolute atomic E-state index is 12.9. The molecule has 2 aromatic rings. The summed E-state index contributed by atoms with van der Waals surface area (Å²) in [6, 6.07) is 21.5. The SMILES string of the molecule is CC(C)[C@H](NC(=O)[C@@H]1CCCN1)[Si](C)(c1ccccc1)c1ccccc1.O=C(O)C(F)(F)F. The Balaban J connectivity index is 0.000000479. The summed E-state index contributed by atoms with van der Waals surface area (Å²) >= 11 is 0. The molecule has 0 bridgehead atoms. The molecular formula is C24H31F3N2O3Si. The highest BCUT2D eigenvalue weighted by Gasteiger charge is 2.43. The van der Waals surface area contributed by atoms with Gasteiger partial charge in [-0.3, -0.25) is 4.79 Å². The smallest absolute Gasteiger partial charge is 0.475 e. The van der Waals surface area contributed by atoms with E-state index in [1.54, 1.807) is 0 Å². The van der Waals surface area contributed by atoms with E-state index in [0.29, 0.717) is 5.92 Å². The first-order valence-electron chi connectivity index (χ1n) is 10.9. The summed E-state index contributed by atoms with van der Waals surface area (Å²) in [5, 5.41) is 16.6. The molecule has 2 aromatic carbocycles. The highest BCUT2D eigenvalue weighted by atomic mass is 28.3. The molecule has 0 radical (unpaired) electrons. The molecule has 3 rings (SSSR count). The van der Waals surface area contributed by atoms with Gasteiger partial charge in [0.05, 0.1) is 6.04 Å². The molecule has 3 N–H and O–H groups in total. The Hall–Kier alpha value is -2.65. The van der Waals surface area contributed by atoms with E-state index in [9.17, 15) is 18.0 Å². The van der Waals surface area contributed by atoms with Crippen molar-refractivity contribution in [3.63, 3.8) is 0 Å². The van der Waals surface area contributed by atoms with E-state index in [2.05, 4.69) is 91.7 Å². The van der Waals surface area contributed by atoms with Crippen molar-refractivity contribution in [2.45, 2.75) is 51.1 Å². The Bertz CT molecular complexity index is 863. The fourth-order valence-corrected chi connectivity index (χ4v) is 8.82. The molecule has 0 saturated carbocycles. The number of benzene rings is 2. The Morgan fingerprint density at radius 3 is 1.82 bits per heavy atom. The van der Waals surface area contributed by atoms with Crippen LogP contribution >= 0.6 is 0 Å². The Morgan fingerprint density at radius 2 is 1.48 bits per heavy atom. The first kappa shape index (κ1) is 26.6. The predicted molar refractivity (Wildman–Crippen MR) is 125 cm³/mol. The van der Waals surface area contributed by atoms with Gasteiger partial charge in [-0.1, -0.05) is 91.4 Å². The lowest BCUT2D eigenvalue weighted by Crippen LogP contribution is -2.71. The first-order valence-corrected chi connectivity index (χ1v) is 13.5. The second kappa shape index (κ2) is 11.5. The summed E-state index contributed by atoms with van der Waals surface area (Å²) in [7, 11) is -2.17. The van der Waals surface area contributed by atoms with Crippen LogP contribution in [-0.2, 0) is 9.59 Å². The number of amides is 1. The molecule has 1 aliphatic rings. The summed E-state index contributed by atoms with van der Waals surface area (Å²) in [5.74, 6) is -2.24. The number of halogens is 3. The standard InChI is InChI=1S/C22H30N2OSi.C2HF3O2/c1-17(2)22(24-21(25)20-15-10-16-23-20)26(3,18-11-6-4-7-12-18)19-13-8-5-9-14-19;3-2(4,5)1(6)7/h4-9,11-14,17,20,22-23H,10,15-16H2,1-3H3,(H,24,25);(H,6,7)/t20-,22+;/m0./s1. The second-order valence-electron chi connectivity index (χ2n) is 8.62. The van der Waals surface area contributed by atoms with Crippen LogP contribution in [0.3, 0.4) is 0 Å². The van der Waals surface area contributed by atoms with Gasteiger partial charge in [-0.05, 0) is 25.3 Å². The summed E-state index contributed by atoms with van der Waals surface area (Å²) in [6.45, 7) is 7.79. The van der Waals surface area contributed by atoms with Crippen molar-refractivity contribution < 1.29 is 27.9 Å². The molecular weight excluding hydrogens is 449 g/mol. The zero-order valence-corrected chi connectivity index (χ0v) is 20.0. The molecule has 0 spiro atoms. The van der Waals surface area contributed by atoms with Gasteiger partial charge in [0.15, 0.2) is 0 Å². The minimum atomic E-state index is -5.08. The average Bonchev–Trinajstić information content (AvgIpc) is 3.33. The zero-order chi connectivity index (χ0) is 24.6. The monoisotopic (exact) mass is 480 g/mol. The maximum Gasteiger partial charge on any atom is 0.490 e. The number of carboxylic acid groups (broad SMARTS) is 1. The molecule has 180 valence electrons. The largest absolute Gasteiger partial charge is 0.490 e. The van der Waals surface area contributed by atoms with E-state index in [1.165, 1.54) is 10.4 Å². The van der Waals surface area contributed by atoms with Crippen LogP contribution in [0, 0.1) is 5.92 Å². The molecule has 0 unspecified atom stereocenters. The molecule has 0 aliphatic carbocycles. The molecule has 1 saturated heterocycles. The third kappa shape index (κ3) is 6.91. The van der Waals surface area contributed by atoms with E-state index >= 15 is 0 Å². The molecule has 5 nitrogen and oxygen atoms in total. The van der Waals surface area contributed by atoms with E-state index in [0.717, 1.165) is 19.4 Å². The van der Waals surface area contributed by atoms with Gasteiger partial charge >= 0.3 is 12.1 Å². The van der Waals surface area contributed by atoms with E-state index in [4.69, 9.17) is 9.90 Å². The van der Waals surface area contributed by atoms with E-state index in [-0.39, 0.29) is 17.6 Å². The molecule has 2 atom stereocenters. The summed E-state index contributed by atoms with van der Waals surface area (Å²) < 4.78 is 31.7. The number of rotatable bonds is 6. The molecule has 0 aromatic heterocycles. The summed E-state index contributed by atoms with van der Waals surface area (Å²) in [5.41, 5.74) is 0.141. The topological polar surface area (TPSA) is 78.4 Å². The third-order valence-electron chi connectivity index (χ3n) is 5.95. The van der Waals surface area contributed by atoms with Crippen molar-refractivity contribution in [1.82, 2.24) is 10.6 Å². The fraction of sp³-hybridized carbons (Fsp3) is 0.417. The van der Waals surface area contributed by atoms with Crippen molar-refractivity contribution in [2.24, 2.45) is 5.92 Å². The van der Waals surface area contributed by atoms with Gasteiger partial charge < -0.3 is 15.7 Å². The average molecular weight is 481 g/mol. The Kier molecular flexibility index (Phi) is 9.24. The van der Waals surface area contributed by atoms with Crippen molar-refractivity contribution in [1.29, 1.82) is 0 Å². The summed E-state index contributed by atoms with van der Waals surface area (Å²) in [4.78, 5) is 21.8. The van der Waals surface area contributed by atoms with Gasteiger partial charge in [0, 0.05) is 5.67 Å². The number of aliphatic carboxylic acids is 1. The van der Waals surface area contributed by atoms with Crippen LogP contribution in [0.5, 0.6) is 0 Å². The minimum absolute atomic E-state index is 0.0407. The van der Waals surface area contributed by atoms with Crippen molar-refractivity contribution in [3.8, 4) is 0 Å².